The first-order valence-corrected chi connectivity index (χ1v) is 16.6. The molecule has 12 heteroatoms. The number of hydrogen-bond donors (Lipinski definition) is 1. The van der Waals surface area contributed by atoms with Crippen LogP contribution in [-0.2, 0) is 35.1 Å². The molecule has 0 saturated heterocycles. The van der Waals surface area contributed by atoms with Crippen molar-refractivity contribution in [1.29, 1.82) is 4.78 Å². The number of carbonyl (C=O) groups excluding carboxylic acids is 1. The molecule has 0 heterocycles. The van der Waals surface area contributed by atoms with E-state index in [4.69, 9.17) is 4.78 Å². The summed E-state index contributed by atoms with van der Waals surface area (Å²) in [5, 5.41) is 0.372. The van der Waals surface area contributed by atoms with Gasteiger partial charge in [-0.05, 0) is 38.5 Å². The predicted molar refractivity (Wildman–Crippen MR) is 125 cm³/mol. The summed E-state index contributed by atoms with van der Waals surface area (Å²) in [6.07, 6.45) is 11.7. The molecule has 190 valence electrons. The molecule has 3 rings (SSSR count). The third-order valence-corrected chi connectivity index (χ3v) is 11.5. The summed E-state index contributed by atoms with van der Waals surface area (Å²) >= 11 is 0. The normalized spacial score (nSPS) is 24.9. The Labute approximate surface area is 193 Å². The summed E-state index contributed by atoms with van der Waals surface area (Å²) in [6.45, 7) is 0. The zero-order valence-corrected chi connectivity index (χ0v) is 21.6. The van der Waals surface area contributed by atoms with Gasteiger partial charge in [0.05, 0.1) is 9.73 Å². The Morgan fingerprint density at radius 2 is 1.25 bits per heavy atom. The van der Waals surface area contributed by atoms with E-state index in [2.05, 4.69) is 4.36 Å². The molecule has 1 amide bonds. The average Bonchev–Trinajstić information content (AvgIpc) is 3.45. The fraction of sp³-hybridized carbons (Fsp3) is 0.950. The lowest BCUT2D eigenvalue weighted by molar-refractivity contribution is -0.169. The van der Waals surface area contributed by atoms with E-state index in [0.717, 1.165) is 31.9 Å². The zero-order chi connectivity index (χ0) is 24.6. The molecule has 0 aliphatic heterocycles. The highest BCUT2D eigenvalue weighted by molar-refractivity contribution is 7.93. The molecule has 0 spiro atoms. The Kier molecular flexibility index (Phi) is 11.8. The number of hydrogen-bond acceptors (Lipinski definition) is 5. The van der Waals surface area contributed by atoms with Crippen LogP contribution in [0, 0.1) is 4.78 Å². The van der Waals surface area contributed by atoms with Crippen molar-refractivity contribution in [2.75, 3.05) is 18.8 Å². The van der Waals surface area contributed by atoms with Crippen LogP contribution in [0.25, 0.3) is 0 Å². The van der Waals surface area contributed by atoms with Gasteiger partial charge >= 0.3 is 12.1 Å². The van der Waals surface area contributed by atoms with Crippen LogP contribution in [0.5, 0.6) is 0 Å². The minimum atomic E-state index is -5.02. The first-order valence-electron chi connectivity index (χ1n) is 11.0. The first kappa shape index (κ1) is 29.5. The van der Waals surface area contributed by atoms with Gasteiger partial charge in [-0.3, -0.25) is 13.8 Å². The SMILES string of the molecule is CS(=N)(=O)C1CCCC1.CS(=O)(=NC(=O)C(F)(F)F)C1CCCC1.CS(=O)C1CCCC1. The number of amides is 1. The topological polar surface area (TPSA) is 104 Å². The second-order valence-corrected chi connectivity index (χ2v) is 15.6. The fourth-order valence-electron chi connectivity index (χ4n) is 4.18. The van der Waals surface area contributed by atoms with Gasteiger partial charge in [0.1, 0.15) is 0 Å². The molecule has 0 bridgehead atoms. The number of carbonyl (C=O) groups is 1. The molecule has 3 aliphatic carbocycles. The van der Waals surface area contributed by atoms with E-state index >= 15 is 0 Å². The summed E-state index contributed by atoms with van der Waals surface area (Å²) < 4.78 is 79.3. The van der Waals surface area contributed by atoms with E-state index < -0.39 is 42.3 Å². The van der Waals surface area contributed by atoms with Crippen molar-refractivity contribution in [2.24, 2.45) is 4.36 Å². The molecule has 0 aromatic rings. The van der Waals surface area contributed by atoms with Crippen LogP contribution in [0.1, 0.15) is 77.0 Å². The van der Waals surface area contributed by atoms with Gasteiger partial charge in [-0.1, -0.05) is 38.5 Å². The molecular weight excluding hydrogens is 485 g/mol. The van der Waals surface area contributed by atoms with Gasteiger partial charge in [0, 0.05) is 55.0 Å². The van der Waals surface area contributed by atoms with Crippen LogP contribution >= 0.6 is 0 Å². The number of halogens is 3. The second kappa shape index (κ2) is 12.8. The van der Waals surface area contributed by atoms with Crippen LogP contribution < -0.4 is 0 Å². The largest absolute Gasteiger partial charge is 0.474 e. The number of nitrogens with one attached hydrogen (secondary N) is 1. The van der Waals surface area contributed by atoms with E-state index in [1.165, 1.54) is 38.5 Å². The second-order valence-electron chi connectivity index (χ2n) is 8.88. The summed E-state index contributed by atoms with van der Waals surface area (Å²) in [7, 11) is -5.78. The molecular formula is C20H37F3N2O4S3. The number of rotatable bonds is 3. The molecule has 1 N–H and O–H groups in total. The summed E-state index contributed by atoms with van der Waals surface area (Å²) in [5.41, 5.74) is 0. The summed E-state index contributed by atoms with van der Waals surface area (Å²) in [6, 6.07) is 0. The summed E-state index contributed by atoms with van der Waals surface area (Å²) in [4.78, 5) is 10.6. The van der Waals surface area contributed by atoms with E-state index in [0.29, 0.717) is 18.1 Å². The van der Waals surface area contributed by atoms with E-state index in [9.17, 15) is 30.6 Å². The van der Waals surface area contributed by atoms with Crippen LogP contribution in [0.2, 0.25) is 0 Å². The highest BCUT2D eigenvalue weighted by atomic mass is 32.2. The average molecular weight is 523 g/mol. The van der Waals surface area contributed by atoms with Gasteiger partial charge in [0.25, 0.3) is 0 Å². The van der Waals surface area contributed by atoms with Crippen molar-refractivity contribution in [1.82, 2.24) is 0 Å². The van der Waals surface area contributed by atoms with Gasteiger partial charge in [0.2, 0.25) is 0 Å². The van der Waals surface area contributed by atoms with E-state index in [1.807, 2.05) is 6.26 Å². The number of alkyl halides is 3. The van der Waals surface area contributed by atoms with Crippen molar-refractivity contribution < 1.29 is 30.6 Å². The zero-order valence-electron chi connectivity index (χ0n) is 19.2. The Balaban J connectivity index is 0.000000257. The minimum absolute atomic E-state index is 0.206. The smallest absolute Gasteiger partial charge is 0.261 e. The lowest BCUT2D eigenvalue weighted by atomic mass is 10.4. The predicted octanol–water partition coefficient (Wildman–Crippen LogP) is 5.03. The molecule has 0 aromatic carbocycles. The van der Waals surface area contributed by atoms with Gasteiger partial charge in [-0.15, -0.1) is 0 Å². The Morgan fingerprint density at radius 3 is 1.53 bits per heavy atom. The Bertz CT molecular complexity index is 848. The van der Waals surface area contributed by atoms with Gasteiger partial charge in [-0.25, -0.2) is 8.42 Å². The van der Waals surface area contributed by atoms with E-state index in [-0.39, 0.29) is 10.5 Å². The van der Waals surface area contributed by atoms with Gasteiger partial charge in [-0.2, -0.15) is 17.5 Å². The fourth-order valence-corrected chi connectivity index (χ4v) is 8.19. The van der Waals surface area contributed by atoms with Gasteiger partial charge in [0.15, 0.2) is 0 Å². The summed E-state index contributed by atoms with van der Waals surface area (Å²) in [5.74, 6) is -2.23. The lowest BCUT2D eigenvalue weighted by Crippen LogP contribution is -2.25. The third kappa shape index (κ3) is 10.6. The Morgan fingerprint density at radius 1 is 0.875 bits per heavy atom. The van der Waals surface area contributed by atoms with Crippen LogP contribution in [0.4, 0.5) is 13.2 Å². The monoisotopic (exact) mass is 522 g/mol. The van der Waals surface area contributed by atoms with Gasteiger partial charge < -0.3 is 0 Å². The maximum absolute atomic E-state index is 11.9. The van der Waals surface area contributed by atoms with Crippen molar-refractivity contribution >= 4 is 36.2 Å². The highest BCUT2D eigenvalue weighted by Gasteiger charge is 2.40. The lowest BCUT2D eigenvalue weighted by Gasteiger charge is -2.11. The van der Waals surface area contributed by atoms with E-state index in [1.54, 1.807) is 6.26 Å². The molecule has 3 aliphatic rings. The maximum Gasteiger partial charge on any atom is 0.474 e. The van der Waals surface area contributed by atoms with Crippen LogP contribution in [-0.4, -0.2) is 59.2 Å². The maximum atomic E-state index is 11.9. The van der Waals surface area contributed by atoms with Crippen molar-refractivity contribution in [3.8, 4) is 0 Å². The Hall–Kier alpha value is -0.490. The number of nitrogens with zero attached hydrogens (tertiary/aromatic N) is 1. The highest BCUT2D eigenvalue weighted by Crippen LogP contribution is 2.27. The molecule has 3 fully saturated rings. The van der Waals surface area contributed by atoms with Crippen molar-refractivity contribution in [3.05, 3.63) is 0 Å². The molecule has 0 radical (unpaired) electrons. The van der Waals surface area contributed by atoms with Crippen LogP contribution in [0.3, 0.4) is 0 Å². The van der Waals surface area contributed by atoms with Crippen molar-refractivity contribution in [3.63, 3.8) is 0 Å². The molecule has 3 saturated carbocycles. The van der Waals surface area contributed by atoms with Crippen molar-refractivity contribution in [2.45, 2.75) is 99.0 Å². The minimum Gasteiger partial charge on any atom is -0.261 e. The molecule has 32 heavy (non-hydrogen) atoms. The molecule has 6 nitrogen and oxygen atoms in total. The molecule has 0 aromatic heterocycles. The van der Waals surface area contributed by atoms with Crippen LogP contribution in [0.15, 0.2) is 4.36 Å². The quantitative estimate of drug-likeness (QED) is 0.561. The third-order valence-electron chi connectivity index (χ3n) is 6.14. The standard InChI is InChI=1S/C8H12F3NO2S.C6H13NOS.C6H12OS/c1-15(14,6-4-2-3-5-6)12-7(13)8(9,10)11;1-9(7,8)6-4-2-3-5-6;1-8(7)6-4-2-3-5-6/h6H,2-5H2,1H3;6-7H,2-5H2,1H3;6H,2-5H2,1H3. The molecule has 3 unspecified atom stereocenters. The molecule has 3 atom stereocenters. The first-order chi connectivity index (χ1) is 14.6.